The minimum Gasteiger partial charge on any atom is -0.456 e. The molecule has 0 radical (unpaired) electrons. The first-order valence-corrected chi connectivity index (χ1v) is 24.3. The highest BCUT2D eigenvalue weighted by molar-refractivity contribution is 6.11. The molecule has 0 N–H and O–H groups in total. The average molecular weight is 890 g/mol. The average Bonchev–Trinajstić information content (AvgIpc) is 3.95. The highest BCUT2D eigenvalue weighted by atomic mass is 16.3. The molecular weight excluding hydrogens is 827 g/mol. The molecule has 0 aliphatic heterocycles. The molecule has 0 bridgehead atoms. The third-order valence-electron chi connectivity index (χ3n) is 14.3. The number of furan rings is 1. The Balaban J connectivity index is 1.06. The van der Waals surface area contributed by atoms with Crippen LogP contribution in [-0.2, 0) is 21.7 Å². The molecule has 0 aliphatic rings. The summed E-state index contributed by atoms with van der Waals surface area (Å²) in [7, 11) is 0. The summed E-state index contributed by atoms with van der Waals surface area (Å²) < 4.78 is 11.2. The topological polar surface area (TPSA) is 26.2 Å². The summed E-state index contributed by atoms with van der Waals surface area (Å²) in [5.74, 6) is 0. The van der Waals surface area contributed by atoms with E-state index in [-0.39, 0.29) is 21.7 Å². The second kappa shape index (κ2) is 15.2. The SMILES string of the molecule is CC(C)(C)c1ccc2c(c1)c1cc(C(C)(C)C)ccc1n2-c1ccc(N(c2ccc(-n3c4ccc(C(C)(C)C)cc4c4cc(C(C)(C)C)ccc43)cc2)c2ccc3oc4ccccc4c3c2)cc1. The van der Waals surface area contributed by atoms with Crippen LogP contribution in [0.2, 0.25) is 0 Å². The molecule has 0 atom stereocenters. The molecule has 0 aliphatic carbocycles. The largest absolute Gasteiger partial charge is 0.456 e. The number of benzene rings is 8. The van der Waals surface area contributed by atoms with E-state index >= 15 is 0 Å². The van der Waals surface area contributed by atoms with E-state index in [1.54, 1.807) is 0 Å². The zero-order valence-electron chi connectivity index (χ0n) is 41.8. The Bertz CT molecular complexity index is 3420. The van der Waals surface area contributed by atoms with Gasteiger partial charge < -0.3 is 18.5 Å². The first-order valence-electron chi connectivity index (χ1n) is 24.3. The van der Waals surface area contributed by atoms with Gasteiger partial charge in [0.2, 0.25) is 0 Å². The Morgan fingerprint density at radius 3 is 1.01 bits per heavy atom. The summed E-state index contributed by atoms with van der Waals surface area (Å²) >= 11 is 0. The smallest absolute Gasteiger partial charge is 0.135 e. The summed E-state index contributed by atoms with van der Waals surface area (Å²) in [5, 5.41) is 7.37. The van der Waals surface area contributed by atoms with E-state index in [1.807, 2.05) is 6.07 Å². The van der Waals surface area contributed by atoms with E-state index in [4.69, 9.17) is 4.42 Å². The van der Waals surface area contributed by atoms with E-state index in [1.165, 1.54) is 65.9 Å². The second-order valence-electron chi connectivity index (χ2n) is 23.2. The molecule has 3 heterocycles. The van der Waals surface area contributed by atoms with Crippen molar-refractivity contribution in [3.63, 3.8) is 0 Å². The van der Waals surface area contributed by atoms with Crippen molar-refractivity contribution in [2.75, 3.05) is 4.90 Å². The lowest BCUT2D eigenvalue weighted by atomic mass is 9.85. The fourth-order valence-electron chi connectivity index (χ4n) is 10.3. The third kappa shape index (κ3) is 7.28. The van der Waals surface area contributed by atoms with Crippen molar-refractivity contribution < 1.29 is 4.42 Å². The molecule has 340 valence electrons. The van der Waals surface area contributed by atoms with Gasteiger partial charge in [0, 0.05) is 60.8 Å². The number of nitrogens with zero attached hydrogens (tertiary/aromatic N) is 3. The van der Waals surface area contributed by atoms with Crippen LogP contribution in [0.1, 0.15) is 105 Å². The minimum absolute atomic E-state index is 0.0368. The number of aromatic nitrogens is 2. The normalized spacial score (nSPS) is 13.0. The molecule has 4 nitrogen and oxygen atoms in total. The quantitative estimate of drug-likeness (QED) is 0.172. The number of para-hydroxylation sites is 1. The zero-order chi connectivity index (χ0) is 47.7. The number of rotatable bonds is 5. The predicted molar refractivity (Wildman–Crippen MR) is 292 cm³/mol. The van der Waals surface area contributed by atoms with Crippen molar-refractivity contribution >= 4 is 82.6 Å². The Kier molecular flexibility index (Phi) is 9.75. The summed E-state index contributed by atoms with van der Waals surface area (Å²) in [6.07, 6.45) is 0. The zero-order valence-corrected chi connectivity index (χ0v) is 41.8. The van der Waals surface area contributed by atoms with Crippen molar-refractivity contribution in [3.8, 4) is 11.4 Å². The van der Waals surface area contributed by atoms with Gasteiger partial charge in [0.1, 0.15) is 11.2 Å². The van der Waals surface area contributed by atoms with E-state index in [0.29, 0.717) is 0 Å². The fraction of sp³-hybridized carbons (Fsp3) is 0.250. The van der Waals surface area contributed by atoms with Gasteiger partial charge in [-0.15, -0.1) is 0 Å². The number of fused-ring (bicyclic) bond motifs is 9. The van der Waals surface area contributed by atoms with Crippen LogP contribution in [0.4, 0.5) is 17.1 Å². The number of anilines is 3. The van der Waals surface area contributed by atoms with Crippen LogP contribution in [0.25, 0.3) is 76.9 Å². The first kappa shape index (κ1) is 43.5. The Labute approximate surface area is 401 Å². The Morgan fingerprint density at radius 1 is 0.309 bits per heavy atom. The minimum atomic E-state index is 0.0368. The van der Waals surface area contributed by atoms with Gasteiger partial charge in [0.25, 0.3) is 0 Å². The maximum atomic E-state index is 6.33. The highest BCUT2D eigenvalue weighted by Crippen LogP contribution is 2.43. The van der Waals surface area contributed by atoms with Crippen LogP contribution in [0.3, 0.4) is 0 Å². The van der Waals surface area contributed by atoms with Crippen molar-refractivity contribution in [2.45, 2.75) is 105 Å². The lowest BCUT2D eigenvalue weighted by Gasteiger charge is -2.26. The fourth-order valence-corrected chi connectivity index (χ4v) is 10.3. The molecule has 0 amide bonds. The molecule has 0 unspecified atom stereocenters. The summed E-state index contributed by atoms with van der Waals surface area (Å²) in [5.41, 5.74) is 17.6. The molecule has 68 heavy (non-hydrogen) atoms. The number of hydrogen-bond acceptors (Lipinski definition) is 2. The summed E-state index contributed by atoms with van der Waals surface area (Å²) in [6, 6.07) is 61.4. The van der Waals surface area contributed by atoms with Gasteiger partial charge in [-0.3, -0.25) is 0 Å². The Morgan fingerprint density at radius 2 is 0.647 bits per heavy atom. The van der Waals surface area contributed by atoms with E-state index in [2.05, 4.69) is 255 Å². The van der Waals surface area contributed by atoms with Crippen molar-refractivity contribution in [1.82, 2.24) is 9.13 Å². The van der Waals surface area contributed by atoms with Crippen molar-refractivity contribution in [2.24, 2.45) is 0 Å². The van der Waals surface area contributed by atoms with Gasteiger partial charge in [0.05, 0.1) is 22.1 Å². The molecule has 11 aromatic rings. The lowest BCUT2D eigenvalue weighted by Crippen LogP contribution is -2.11. The standard InChI is InChI=1S/C64H63N3O/c1-61(2,3)40-17-30-55-50(35-40)51-36-41(62(4,5)6)18-31-56(51)66(55)46-25-21-44(22-26-46)65(48-29-34-60-54(39-48)49-15-13-14-16-59(49)68-60)45-23-27-47(28-24-45)67-57-32-19-42(63(7,8)9)37-52(57)53-38-43(64(10,11)12)20-33-58(53)67/h13-39H,1-12H3. The van der Waals surface area contributed by atoms with Crippen molar-refractivity contribution in [3.05, 3.63) is 186 Å². The van der Waals surface area contributed by atoms with Crippen LogP contribution >= 0.6 is 0 Å². The summed E-state index contributed by atoms with van der Waals surface area (Å²) in [6.45, 7) is 27.6. The van der Waals surface area contributed by atoms with Gasteiger partial charge in [-0.25, -0.2) is 0 Å². The lowest BCUT2D eigenvalue weighted by molar-refractivity contribution is 0.590. The van der Waals surface area contributed by atoms with Gasteiger partial charge >= 0.3 is 0 Å². The molecule has 0 fully saturated rings. The molecule has 8 aromatic carbocycles. The second-order valence-corrected chi connectivity index (χ2v) is 23.2. The molecule has 0 saturated carbocycles. The van der Waals surface area contributed by atoms with Crippen molar-refractivity contribution in [1.29, 1.82) is 0 Å². The van der Waals surface area contributed by atoms with Gasteiger partial charge in [-0.05, 0) is 165 Å². The highest BCUT2D eigenvalue weighted by Gasteiger charge is 2.24. The van der Waals surface area contributed by atoms with E-state index in [0.717, 1.165) is 50.4 Å². The van der Waals surface area contributed by atoms with Crippen LogP contribution in [-0.4, -0.2) is 9.13 Å². The monoisotopic (exact) mass is 889 g/mol. The number of hydrogen-bond donors (Lipinski definition) is 0. The summed E-state index contributed by atoms with van der Waals surface area (Å²) in [4.78, 5) is 2.38. The van der Waals surface area contributed by atoms with Crippen LogP contribution < -0.4 is 4.90 Å². The first-order chi connectivity index (χ1) is 32.2. The maximum absolute atomic E-state index is 6.33. The van der Waals surface area contributed by atoms with Gasteiger partial charge in [-0.2, -0.15) is 0 Å². The molecule has 0 saturated heterocycles. The molecular formula is C64H63N3O. The Hall–Kier alpha value is -7.04. The molecule has 4 heteroatoms. The van der Waals surface area contributed by atoms with Gasteiger partial charge in [0.15, 0.2) is 0 Å². The molecule has 11 rings (SSSR count). The van der Waals surface area contributed by atoms with Crippen LogP contribution in [0.5, 0.6) is 0 Å². The predicted octanol–water partition coefficient (Wildman–Crippen LogP) is 18.4. The van der Waals surface area contributed by atoms with Crippen LogP contribution in [0, 0.1) is 0 Å². The molecule has 0 spiro atoms. The third-order valence-corrected chi connectivity index (χ3v) is 14.3. The van der Waals surface area contributed by atoms with Crippen LogP contribution in [0.15, 0.2) is 168 Å². The van der Waals surface area contributed by atoms with Gasteiger partial charge in [-0.1, -0.05) is 126 Å². The maximum Gasteiger partial charge on any atom is 0.135 e. The van der Waals surface area contributed by atoms with E-state index < -0.39 is 0 Å². The molecule has 3 aromatic heterocycles. The van der Waals surface area contributed by atoms with E-state index in [9.17, 15) is 0 Å².